The number of ether oxygens (including phenoxy) is 5. The minimum Gasteiger partial charge on any atom is -0.479 e. The van der Waals surface area contributed by atoms with Crippen molar-refractivity contribution in [2.75, 3.05) is 13.2 Å². The molecule has 3 N–H and O–H groups in total. The predicted octanol–water partition coefficient (Wildman–Crippen LogP) is 17.0. The van der Waals surface area contributed by atoms with E-state index in [2.05, 4.69) is 112 Å². The number of carboxylic acids is 1. The lowest BCUT2D eigenvalue weighted by molar-refractivity contribution is -0.301. The smallest absolute Gasteiger partial charge is 0.335 e. The number of aliphatic hydroxyl groups excluding tert-OH is 2. The molecule has 12 nitrogen and oxygen atoms in total. The molecule has 1 aliphatic heterocycles. The van der Waals surface area contributed by atoms with Crippen molar-refractivity contribution in [2.24, 2.45) is 0 Å². The van der Waals surface area contributed by atoms with E-state index in [1.54, 1.807) is 6.08 Å². The second-order valence-electron chi connectivity index (χ2n) is 21.3. The Balaban J connectivity index is 2.71. The van der Waals surface area contributed by atoms with E-state index in [9.17, 15) is 34.5 Å². The minimum atomic E-state index is -1.92. The van der Waals surface area contributed by atoms with Gasteiger partial charge in [-0.1, -0.05) is 239 Å². The fourth-order valence-corrected chi connectivity index (χ4v) is 9.04. The van der Waals surface area contributed by atoms with E-state index < -0.39 is 67.3 Å². The SMILES string of the molecule is CC/C=C\C/C=C\C/C=C\C/C=C\C/C=C\CC(=O)OC(COC(=O)CCCCCCCCC/C=C\C/C=C\C/C=C\CC)COC1OC(C(=O)O)C(O)C(O)C1OC(=O)CCCCCCCCCCC/C=C\CCCCCCCC. The van der Waals surface area contributed by atoms with Gasteiger partial charge in [0.1, 0.15) is 18.8 Å². The van der Waals surface area contributed by atoms with Crippen LogP contribution in [0.5, 0.6) is 0 Å². The highest BCUT2D eigenvalue weighted by Crippen LogP contribution is 2.26. The van der Waals surface area contributed by atoms with Gasteiger partial charge < -0.3 is 39.0 Å². The van der Waals surface area contributed by atoms with E-state index in [1.807, 2.05) is 12.2 Å². The third-order valence-corrected chi connectivity index (χ3v) is 13.8. The summed E-state index contributed by atoms with van der Waals surface area (Å²) in [5.74, 6) is -3.31. The van der Waals surface area contributed by atoms with Crippen molar-refractivity contribution >= 4 is 23.9 Å². The fourth-order valence-electron chi connectivity index (χ4n) is 9.04. The van der Waals surface area contributed by atoms with E-state index in [1.165, 1.54) is 70.6 Å². The van der Waals surface area contributed by atoms with Crippen molar-refractivity contribution in [3.63, 3.8) is 0 Å². The number of unbranched alkanes of at least 4 members (excludes halogenated alkanes) is 22. The van der Waals surface area contributed by atoms with Crippen LogP contribution < -0.4 is 0 Å². The van der Waals surface area contributed by atoms with Crippen LogP contribution in [0, 0.1) is 0 Å². The van der Waals surface area contributed by atoms with Crippen LogP contribution in [0.15, 0.2) is 109 Å². The number of carbonyl (C=O) groups is 4. The van der Waals surface area contributed by atoms with Crippen LogP contribution >= 0.6 is 0 Å². The van der Waals surface area contributed by atoms with Crippen molar-refractivity contribution in [2.45, 2.75) is 289 Å². The van der Waals surface area contributed by atoms with Crippen LogP contribution in [0.1, 0.15) is 252 Å². The summed E-state index contributed by atoms with van der Waals surface area (Å²) in [7, 11) is 0. The lowest BCUT2D eigenvalue weighted by Crippen LogP contribution is -2.61. The van der Waals surface area contributed by atoms with E-state index in [-0.39, 0.29) is 25.9 Å². The number of hydrogen-bond acceptors (Lipinski definition) is 11. The Bertz CT molecular complexity index is 1820. The molecule has 6 atom stereocenters. The van der Waals surface area contributed by atoms with E-state index >= 15 is 0 Å². The molecule has 0 bridgehead atoms. The summed E-state index contributed by atoms with van der Waals surface area (Å²) in [4.78, 5) is 51.2. The summed E-state index contributed by atoms with van der Waals surface area (Å²) < 4.78 is 28.4. The van der Waals surface area contributed by atoms with Gasteiger partial charge in [0.15, 0.2) is 24.6 Å². The number of aliphatic carboxylic acids is 1. The molecule has 460 valence electrons. The first-order valence-corrected chi connectivity index (χ1v) is 31.9. The monoisotopic (exact) mass is 1130 g/mol. The van der Waals surface area contributed by atoms with Crippen LogP contribution in [0.2, 0.25) is 0 Å². The molecule has 0 spiro atoms. The maximum Gasteiger partial charge on any atom is 0.335 e. The van der Waals surface area contributed by atoms with Crippen LogP contribution in [0.3, 0.4) is 0 Å². The third-order valence-electron chi connectivity index (χ3n) is 13.8. The average Bonchev–Trinajstić information content (AvgIpc) is 3.52. The number of carbonyl (C=O) groups excluding carboxylic acids is 3. The molecule has 1 saturated heterocycles. The maximum atomic E-state index is 13.1. The number of aliphatic hydroxyl groups is 2. The molecule has 0 radical (unpaired) electrons. The second-order valence-corrected chi connectivity index (χ2v) is 21.3. The van der Waals surface area contributed by atoms with Gasteiger partial charge in [0.25, 0.3) is 0 Å². The number of esters is 3. The van der Waals surface area contributed by atoms with Crippen LogP contribution in [0.25, 0.3) is 0 Å². The summed E-state index contributed by atoms with van der Waals surface area (Å²) in [5, 5.41) is 31.6. The summed E-state index contributed by atoms with van der Waals surface area (Å²) in [6, 6.07) is 0. The second kappa shape index (κ2) is 55.9. The van der Waals surface area contributed by atoms with Crippen LogP contribution in [-0.4, -0.2) is 89.2 Å². The molecule has 6 unspecified atom stereocenters. The fraction of sp³-hybridized carbons (Fsp3) is 0.681. The van der Waals surface area contributed by atoms with Crippen molar-refractivity contribution in [1.82, 2.24) is 0 Å². The van der Waals surface area contributed by atoms with Gasteiger partial charge >= 0.3 is 23.9 Å². The van der Waals surface area contributed by atoms with Crippen molar-refractivity contribution in [3.05, 3.63) is 109 Å². The van der Waals surface area contributed by atoms with Gasteiger partial charge in [0.2, 0.25) is 0 Å². The van der Waals surface area contributed by atoms with E-state index in [0.29, 0.717) is 19.3 Å². The molecular weight excluding hydrogens is 1020 g/mol. The highest BCUT2D eigenvalue weighted by atomic mass is 16.7. The highest BCUT2D eigenvalue weighted by Gasteiger charge is 2.50. The summed E-state index contributed by atoms with van der Waals surface area (Å²) in [6.45, 7) is 5.69. The Morgan fingerprint density at radius 1 is 0.432 bits per heavy atom. The summed E-state index contributed by atoms with van der Waals surface area (Å²) in [5.41, 5.74) is 0. The Morgan fingerprint density at radius 3 is 1.26 bits per heavy atom. The molecule has 0 aromatic carbocycles. The Labute approximate surface area is 491 Å². The number of hydrogen-bond donors (Lipinski definition) is 3. The molecule has 1 fully saturated rings. The Hall–Kier alpha value is -4.62. The zero-order valence-electron chi connectivity index (χ0n) is 50.7. The van der Waals surface area contributed by atoms with Gasteiger partial charge in [-0.2, -0.15) is 0 Å². The largest absolute Gasteiger partial charge is 0.479 e. The maximum absolute atomic E-state index is 13.1. The molecule has 0 aromatic heterocycles. The number of carboxylic acid groups (broad SMARTS) is 1. The predicted molar refractivity (Wildman–Crippen MR) is 330 cm³/mol. The molecule has 1 heterocycles. The van der Waals surface area contributed by atoms with Crippen molar-refractivity contribution in [3.8, 4) is 0 Å². The molecule has 0 aliphatic carbocycles. The molecule has 0 aromatic rings. The van der Waals surface area contributed by atoms with Gasteiger partial charge in [0, 0.05) is 12.8 Å². The van der Waals surface area contributed by atoms with Crippen LogP contribution in [0.4, 0.5) is 0 Å². The summed E-state index contributed by atoms with van der Waals surface area (Å²) in [6.07, 6.45) is 63.6. The molecule has 1 aliphatic rings. The zero-order chi connectivity index (χ0) is 58.9. The Kier molecular flexibility index (Phi) is 51.3. The summed E-state index contributed by atoms with van der Waals surface area (Å²) >= 11 is 0. The van der Waals surface area contributed by atoms with Gasteiger partial charge in [0.05, 0.1) is 13.0 Å². The molecule has 81 heavy (non-hydrogen) atoms. The van der Waals surface area contributed by atoms with E-state index in [4.69, 9.17) is 23.7 Å². The normalized spacial score (nSPS) is 18.5. The molecular formula is C69H112O12. The average molecular weight is 1130 g/mol. The van der Waals surface area contributed by atoms with Crippen LogP contribution in [-0.2, 0) is 42.9 Å². The standard InChI is InChI=1S/C69H112O12/c1-4-7-10-13-16-19-22-25-28-30-31-33-36-39-42-45-48-51-54-57-63(72)80-67-65(74)64(73)66(68(75)76)81-69(67)78-59-60(79-62(71)56-53-50-47-44-41-38-34-27-24-21-18-15-12-9-6-3)58-77-61(70)55-52-49-46-43-40-37-35-32-29-26-23-20-17-14-11-8-5-2/h8-9,11-12,17-18,20-21,25-29,34,41,44,50,53,60,64-67,69,73-74H,4-7,10,13-16,19,22-24,30-33,35-40,42-43,45-49,51-52,54-59H2,1-3H3,(H,75,76)/b11-8-,12-9-,20-17-,21-18-,28-25-,29-26-,34-27-,44-41-,53-50-. The lowest BCUT2D eigenvalue weighted by atomic mass is 9.98. The number of allylic oxidation sites excluding steroid dienone is 17. The zero-order valence-corrected chi connectivity index (χ0v) is 50.7. The first-order valence-electron chi connectivity index (χ1n) is 31.9. The topological polar surface area (TPSA) is 175 Å². The highest BCUT2D eigenvalue weighted by molar-refractivity contribution is 5.74. The molecule has 1 rings (SSSR count). The first kappa shape index (κ1) is 74.4. The van der Waals surface area contributed by atoms with Gasteiger partial charge in [-0.05, 0) is 103 Å². The molecule has 0 saturated carbocycles. The van der Waals surface area contributed by atoms with Gasteiger partial charge in [-0.3, -0.25) is 14.4 Å². The third kappa shape index (κ3) is 45.6. The number of rotatable bonds is 53. The van der Waals surface area contributed by atoms with Crippen molar-refractivity contribution in [1.29, 1.82) is 0 Å². The van der Waals surface area contributed by atoms with Gasteiger partial charge in [-0.25, -0.2) is 4.79 Å². The van der Waals surface area contributed by atoms with Gasteiger partial charge in [-0.15, -0.1) is 0 Å². The Morgan fingerprint density at radius 2 is 0.815 bits per heavy atom. The molecule has 12 heteroatoms. The van der Waals surface area contributed by atoms with Crippen molar-refractivity contribution < 1.29 is 58.2 Å². The quantitative estimate of drug-likeness (QED) is 0.0228. The minimum absolute atomic E-state index is 0.0427. The van der Waals surface area contributed by atoms with E-state index in [0.717, 1.165) is 122 Å². The first-order chi connectivity index (χ1) is 39.6. The molecule has 0 amide bonds. The lowest BCUT2D eigenvalue weighted by Gasteiger charge is -2.40.